The van der Waals surface area contributed by atoms with E-state index in [0.29, 0.717) is 42.6 Å². The Labute approximate surface area is 150 Å². The largest absolute Gasteiger partial charge is 0.481 e. The fraction of sp³-hybridized carbons (Fsp3) is 0.444. The summed E-state index contributed by atoms with van der Waals surface area (Å²) in [6.45, 7) is 0. The number of aliphatic carboxylic acids is 1. The molecule has 0 saturated heterocycles. The van der Waals surface area contributed by atoms with Crippen LogP contribution in [0.3, 0.4) is 0 Å². The van der Waals surface area contributed by atoms with Gasteiger partial charge in [0.15, 0.2) is 0 Å². The van der Waals surface area contributed by atoms with Gasteiger partial charge < -0.3 is 20.3 Å². The minimum absolute atomic E-state index is 0.113. The Morgan fingerprint density at radius 1 is 1.19 bits per heavy atom. The van der Waals surface area contributed by atoms with E-state index >= 15 is 0 Å². The topological polar surface area (TPSA) is 117 Å². The van der Waals surface area contributed by atoms with Gasteiger partial charge >= 0.3 is 12.0 Å². The number of hydrogen-bond donors (Lipinski definition) is 3. The Morgan fingerprint density at radius 3 is 2.77 bits per heavy atom. The Morgan fingerprint density at radius 2 is 2.04 bits per heavy atom. The number of benzene rings is 1. The molecule has 8 nitrogen and oxygen atoms in total. The standard InChI is InChI=1S/C18H20N4O4/c23-17(24)12-6-7-14(9-12)20-18(25)19-13-3-1-2-11(8-13)15-21-16(26-22-15)10-4-5-10/h1-3,8,10,12,14H,4-7,9H2,(H,23,24)(H2,19,20,25)/t12-,14+/m1/s1. The van der Waals surface area contributed by atoms with E-state index in [2.05, 4.69) is 20.8 Å². The second kappa shape index (κ2) is 6.78. The van der Waals surface area contributed by atoms with Gasteiger partial charge in [-0.2, -0.15) is 4.98 Å². The molecule has 2 aliphatic rings. The van der Waals surface area contributed by atoms with Gasteiger partial charge in [0.1, 0.15) is 0 Å². The summed E-state index contributed by atoms with van der Waals surface area (Å²) in [7, 11) is 0. The molecular weight excluding hydrogens is 336 g/mol. The van der Waals surface area contributed by atoms with Crippen LogP contribution in [0.25, 0.3) is 11.4 Å². The summed E-state index contributed by atoms with van der Waals surface area (Å²) in [5, 5.41) is 18.7. The van der Waals surface area contributed by atoms with Crippen LogP contribution in [0.5, 0.6) is 0 Å². The first kappa shape index (κ1) is 16.6. The number of rotatable bonds is 5. The smallest absolute Gasteiger partial charge is 0.319 e. The molecule has 2 atom stereocenters. The lowest BCUT2D eigenvalue weighted by Gasteiger charge is -2.13. The van der Waals surface area contributed by atoms with Gasteiger partial charge in [-0.15, -0.1) is 0 Å². The summed E-state index contributed by atoms with van der Waals surface area (Å²) in [6, 6.07) is 6.78. The monoisotopic (exact) mass is 356 g/mol. The lowest BCUT2D eigenvalue weighted by molar-refractivity contribution is -0.141. The Bertz CT molecular complexity index is 830. The van der Waals surface area contributed by atoms with Gasteiger partial charge in [0.2, 0.25) is 11.7 Å². The molecule has 2 saturated carbocycles. The lowest BCUT2D eigenvalue weighted by atomic mass is 10.1. The van der Waals surface area contributed by atoms with E-state index in [0.717, 1.165) is 18.4 Å². The number of aromatic nitrogens is 2. The number of anilines is 1. The molecule has 0 spiro atoms. The predicted octanol–water partition coefficient (Wildman–Crippen LogP) is 2.99. The maximum atomic E-state index is 12.2. The summed E-state index contributed by atoms with van der Waals surface area (Å²) in [5.41, 5.74) is 1.39. The van der Waals surface area contributed by atoms with Crippen molar-refractivity contribution in [3.8, 4) is 11.4 Å². The summed E-state index contributed by atoms with van der Waals surface area (Å²) < 4.78 is 5.27. The van der Waals surface area contributed by atoms with Gasteiger partial charge in [-0.3, -0.25) is 4.79 Å². The van der Waals surface area contributed by atoms with E-state index in [1.54, 1.807) is 12.1 Å². The molecule has 8 heteroatoms. The molecule has 1 aromatic carbocycles. The molecule has 26 heavy (non-hydrogen) atoms. The molecular formula is C18H20N4O4. The number of carbonyl (C=O) groups excluding carboxylic acids is 1. The summed E-state index contributed by atoms with van der Waals surface area (Å²) >= 11 is 0. The van der Waals surface area contributed by atoms with Crippen LogP contribution in [0, 0.1) is 5.92 Å². The van der Waals surface area contributed by atoms with Gasteiger partial charge in [0, 0.05) is 23.2 Å². The van der Waals surface area contributed by atoms with E-state index in [1.807, 2.05) is 12.1 Å². The number of nitrogens with one attached hydrogen (secondary N) is 2. The average molecular weight is 356 g/mol. The molecule has 2 aliphatic carbocycles. The molecule has 0 bridgehead atoms. The highest BCUT2D eigenvalue weighted by Crippen LogP contribution is 2.39. The molecule has 2 fully saturated rings. The number of hydrogen-bond acceptors (Lipinski definition) is 5. The number of carboxylic acid groups (broad SMARTS) is 1. The van der Waals surface area contributed by atoms with Crippen molar-refractivity contribution in [2.75, 3.05) is 5.32 Å². The van der Waals surface area contributed by atoms with Crippen LogP contribution in [0.4, 0.5) is 10.5 Å². The predicted molar refractivity (Wildman–Crippen MR) is 92.6 cm³/mol. The van der Waals surface area contributed by atoms with Gasteiger partial charge in [-0.05, 0) is 44.2 Å². The first-order chi connectivity index (χ1) is 12.6. The highest BCUT2D eigenvalue weighted by molar-refractivity contribution is 5.90. The van der Waals surface area contributed by atoms with E-state index < -0.39 is 5.97 Å². The first-order valence-electron chi connectivity index (χ1n) is 8.83. The fourth-order valence-corrected chi connectivity index (χ4v) is 3.27. The van der Waals surface area contributed by atoms with Crippen molar-refractivity contribution in [3.05, 3.63) is 30.2 Å². The Balaban J connectivity index is 1.37. The summed E-state index contributed by atoms with van der Waals surface area (Å²) in [6.07, 6.45) is 3.92. The van der Waals surface area contributed by atoms with Crippen LogP contribution >= 0.6 is 0 Å². The van der Waals surface area contributed by atoms with Crippen LogP contribution in [0.1, 0.15) is 43.9 Å². The number of carbonyl (C=O) groups is 2. The zero-order chi connectivity index (χ0) is 18.1. The van der Waals surface area contributed by atoms with E-state index in [4.69, 9.17) is 9.63 Å². The van der Waals surface area contributed by atoms with Crippen molar-refractivity contribution >= 4 is 17.7 Å². The zero-order valence-corrected chi connectivity index (χ0v) is 14.1. The van der Waals surface area contributed by atoms with Gasteiger partial charge in [0.05, 0.1) is 5.92 Å². The van der Waals surface area contributed by atoms with Crippen molar-refractivity contribution in [2.45, 2.75) is 44.1 Å². The number of urea groups is 1. The zero-order valence-electron chi connectivity index (χ0n) is 14.1. The third-order valence-electron chi connectivity index (χ3n) is 4.86. The number of nitrogens with zero attached hydrogens (tertiary/aromatic N) is 2. The van der Waals surface area contributed by atoms with Crippen molar-refractivity contribution < 1.29 is 19.2 Å². The van der Waals surface area contributed by atoms with Crippen LogP contribution in [-0.4, -0.2) is 33.3 Å². The van der Waals surface area contributed by atoms with Crippen LogP contribution in [0.2, 0.25) is 0 Å². The first-order valence-corrected chi connectivity index (χ1v) is 8.83. The van der Waals surface area contributed by atoms with Gasteiger partial charge in [-0.1, -0.05) is 17.3 Å². The quantitative estimate of drug-likeness (QED) is 0.758. The highest BCUT2D eigenvalue weighted by atomic mass is 16.5. The minimum Gasteiger partial charge on any atom is -0.481 e. The molecule has 4 rings (SSSR count). The second-order valence-corrected chi connectivity index (χ2v) is 6.95. The van der Waals surface area contributed by atoms with E-state index in [1.165, 1.54) is 0 Å². The van der Waals surface area contributed by atoms with Crippen LogP contribution in [-0.2, 0) is 4.79 Å². The number of carboxylic acids is 1. The van der Waals surface area contributed by atoms with Crippen molar-refractivity contribution in [1.29, 1.82) is 0 Å². The third kappa shape index (κ3) is 3.68. The fourth-order valence-electron chi connectivity index (χ4n) is 3.27. The average Bonchev–Trinajstić information content (AvgIpc) is 3.16. The summed E-state index contributed by atoms with van der Waals surface area (Å²) in [4.78, 5) is 27.6. The van der Waals surface area contributed by atoms with Gasteiger partial charge in [0.25, 0.3) is 0 Å². The molecule has 3 N–H and O–H groups in total. The Kier molecular flexibility index (Phi) is 4.32. The van der Waals surface area contributed by atoms with Crippen LogP contribution < -0.4 is 10.6 Å². The van der Waals surface area contributed by atoms with Crippen molar-refractivity contribution in [3.63, 3.8) is 0 Å². The molecule has 1 heterocycles. The minimum atomic E-state index is -0.798. The highest BCUT2D eigenvalue weighted by Gasteiger charge is 2.31. The molecule has 0 radical (unpaired) electrons. The van der Waals surface area contributed by atoms with E-state index in [9.17, 15) is 9.59 Å². The van der Waals surface area contributed by atoms with Crippen molar-refractivity contribution in [1.82, 2.24) is 15.5 Å². The van der Waals surface area contributed by atoms with E-state index in [-0.39, 0.29) is 18.0 Å². The summed E-state index contributed by atoms with van der Waals surface area (Å²) in [5.74, 6) is 0.404. The Hall–Kier alpha value is -2.90. The molecule has 1 aromatic heterocycles. The van der Waals surface area contributed by atoms with Crippen molar-refractivity contribution in [2.24, 2.45) is 5.92 Å². The maximum Gasteiger partial charge on any atom is 0.319 e. The molecule has 136 valence electrons. The lowest BCUT2D eigenvalue weighted by Crippen LogP contribution is -2.36. The molecule has 2 amide bonds. The normalized spacial score (nSPS) is 22.2. The molecule has 2 aromatic rings. The number of amides is 2. The second-order valence-electron chi connectivity index (χ2n) is 6.95. The SMILES string of the molecule is O=C(Nc1cccc(-c2noc(C3CC3)n2)c1)N[C@H]1CC[C@@H](C(=O)O)C1. The van der Waals surface area contributed by atoms with Gasteiger partial charge in [-0.25, -0.2) is 4.79 Å². The third-order valence-corrected chi connectivity index (χ3v) is 4.86. The maximum absolute atomic E-state index is 12.2. The molecule has 0 aliphatic heterocycles. The molecule has 0 unspecified atom stereocenters. The van der Waals surface area contributed by atoms with Crippen LogP contribution in [0.15, 0.2) is 28.8 Å².